The largest absolute Gasteiger partial charge is 0.0683 e. The summed E-state index contributed by atoms with van der Waals surface area (Å²) in [6.45, 7) is 13.0. The Bertz CT molecular complexity index is 69.1. The van der Waals surface area contributed by atoms with Crippen LogP contribution < -0.4 is 0 Å². The summed E-state index contributed by atoms with van der Waals surface area (Å²) in [6, 6.07) is 0. The van der Waals surface area contributed by atoms with Crippen LogP contribution in [0, 0.1) is 0 Å². The first kappa shape index (κ1) is 14.9. The van der Waals surface area contributed by atoms with E-state index in [1.165, 1.54) is 19.3 Å². The Hall–Kier alpha value is 0.430. The van der Waals surface area contributed by atoms with Crippen LogP contribution in [0.3, 0.4) is 0 Å². The molecule has 0 saturated carbocycles. The Balaban J connectivity index is 0. The second kappa shape index (κ2) is 9.52. The predicted octanol–water partition coefficient (Wildman–Crippen LogP) is 4.50. The molecule has 12 heavy (non-hydrogen) atoms. The lowest BCUT2D eigenvalue weighted by Crippen LogP contribution is -2.06. The zero-order chi connectivity index (χ0) is 10.0. The molecular weight excluding hydrogens is 163 g/mol. The molecule has 1 rings (SSSR count). The van der Waals surface area contributed by atoms with Gasteiger partial charge < -0.3 is 0 Å². The average Bonchev–Trinajstić information content (AvgIpc) is 2.11. The van der Waals surface area contributed by atoms with E-state index < -0.39 is 0 Å². The molecule has 1 aliphatic rings. The predicted molar refractivity (Wildman–Crippen MR) is 65.0 cm³/mol. The minimum absolute atomic E-state index is 0.337. The normalized spacial score (nSPS) is 19.5. The van der Waals surface area contributed by atoms with E-state index >= 15 is 0 Å². The third-order valence-corrected chi connectivity index (χ3v) is 5.08. The SMILES string of the molecule is CC.CC.C[P+]1(C)CCCCC1. The van der Waals surface area contributed by atoms with E-state index in [4.69, 9.17) is 0 Å². The van der Waals surface area contributed by atoms with Gasteiger partial charge in [0.2, 0.25) is 0 Å². The fraction of sp³-hybridized carbons (Fsp3) is 1.00. The Kier molecular flexibility index (Phi) is 11.8. The van der Waals surface area contributed by atoms with E-state index in [0.29, 0.717) is 0 Å². The van der Waals surface area contributed by atoms with Gasteiger partial charge >= 0.3 is 0 Å². The number of rotatable bonds is 0. The molecule has 0 bridgehead atoms. The highest BCUT2D eigenvalue weighted by Gasteiger charge is 2.26. The molecule has 0 amide bonds. The quantitative estimate of drug-likeness (QED) is 0.494. The lowest BCUT2D eigenvalue weighted by atomic mass is 10.3. The highest BCUT2D eigenvalue weighted by atomic mass is 31.2. The summed E-state index contributed by atoms with van der Waals surface area (Å²) in [4.78, 5) is 0. The monoisotopic (exact) mass is 191 g/mol. The van der Waals surface area contributed by atoms with Crippen LogP contribution in [0.4, 0.5) is 0 Å². The Labute approximate surface area is 80.5 Å². The van der Waals surface area contributed by atoms with Crippen molar-refractivity contribution in [2.24, 2.45) is 0 Å². The van der Waals surface area contributed by atoms with E-state index in [2.05, 4.69) is 13.3 Å². The summed E-state index contributed by atoms with van der Waals surface area (Å²) < 4.78 is 0. The van der Waals surface area contributed by atoms with Crippen molar-refractivity contribution in [1.29, 1.82) is 0 Å². The summed E-state index contributed by atoms with van der Waals surface area (Å²) in [7, 11) is -0.337. The molecule has 0 unspecified atom stereocenters. The van der Waals surface area contributed by atoms with Gasteiger partial charge in [-0.25, -0.2) is 0 Å². The van der Waals surface area contributed by atoms with Crippen LogP contribution in [0.1, 0.15) is 47.0 Å². The molecule has 0 radical (unpaired) electrons. The van der Waals surface area contributed by atoms with Crippen LogP contribution in [0.2, 0.25) is 0 Å². The molecule has 0 aromatic heterocycles. The lowest BCUT2D eigenvalue weighted by Gasteiger charge is -2.21. The molecule has 0 aromatic carbocycles. The topological polar surface area (TPSA) is 0 Å². The van der Waals surface area contributed by atoms with Gasteiger partial charge in [0.1, 0.15) is 0 Å². The van der Waals surface area contributed by atoms with Crippen LogP contribution in [0.5, 0.6) is 0 Å². The molecule has 1 heteroatoms. The van der Waals surface area contributed by atoms with Crippen molar-refractivity contribution in [3.8, 4) is 0 Å². The summed E-state index contributed by atoms with van der Waals surface area (Å²) >= 11 is 0. The Morgan fingerprint density at radius 2 is 1.00 bits per heavy atom. The average molecular weight is 191 g/mol. The molecule has 0 aromatic rings. The Morgan fingerprint density at radius 1 is 0.667 bits per heavy atom. The van der Waals surface area contributed by atoms with E-state index in [-0.39, 0.29) is 7.26 Å². The lowest BCUT2D eigenvalue weighted by molar-refractivity contribution is 0.748. The van der Waals surface area contributed by atoms with Gasteiger partial charge in [0, 0.05) is 20.6 Å². The van der Waals surface area contributed by atoms with Gasteiger partial charge in [0.05, 0.1) is 12.3 Å². The molecule has 0 spiro atoms. The van der Waals surface area contributed by atoms with Crippen molar-refractivity contribution in [1.82, 2.24) is 0 Å². The third kappa shape index (κ3) is 8.53. The maximum Gasteiger partial charge on any atom is 0.0589 e. The zero-order valence-corrected chi connectivity index (χ0v) is 10.9. The van der Waals surface area contributed by atoms with Crippen molar-refractivity contribution in [3.05, 3.63) is 0 Å². The van der Waals surface area contributed by atoms with Crippen LogP contribution >= 0.6 is 7.26 Å². The van der Waals surface area contributed by atoms with E-state index in [1.54, 1.807) is 12.3 Å². The summed E-state index contributed by atoms with van der Waals surface area (Å²) in [5.41, 5.74) is 0. The molecule has 0 nitrogen and oxygen atoms in total. The van der Waals surface area contributed by atoms with Crippen LogP contribution in [-0.4, -0.2) is 25.7 Å². The van der Waals surface area contributed by atoms with Crippen LogP contribution in [0.25, 0.3) is 0 Å². The van der Waals surface area contributed by atoms with E-state index in [1.807, 2.05) is 27.7 Å². The van der Waals surface area contributed by atoms with Gasteiger partial charge in [-0.05, 0) is 19.3 Å². The first-order chi connectivity index (χ1) is 5.71. The Morgan fingerprint density at radius 3 is 1.17 bits per heavy atom. The molecule has 76 valence electrons. The molecule has 1 fully saturated rings. The first-order valence-electron chi connectivity index (χ1n) is 5.53. The first-order valence-corrected chi connectivity index (χ1v) is 8.58. The molecule has 1 heterocycles. The molecule has 1 saturated heterocycles. The van der Waals surface area contributed by atoms with Crippen molar-refractivity contribution in [3.63, 3.8) is 0 Å². The minimum atomic E-state index is -0.337. The second-order valence-corrected chi connectivity index (χ2v) is 8.21. The zero-order valence-electron chi connectivity index (χ0n) is 9.98. The maximum atomic E-state index is 2.49. The van der Waals surface area contributed by atoms with Gasteiger partial charge in [-0.15, -0.1) is 0 Å². The summed E-state index contributed by atoms with van der Waals surface area (Å²) in [5.74, 6) is 0. The maximum absolute atomic E-state index is 2.49. The van der Waals surface area contributed by atoms with E-state index in [9.17, 15) is 0 Å². The second-order valence-electron chi connectivity index (χ2n) is 3.44. The van der Waals surface area contributed by atoms with Crippen LogP contribution in [-0.2, 0) is 0 Å². The minimum Gasteiger partial charge on any atom is -0.0683 e. The fourth-order valence-electron chi connectivity index (χ4n) is 1.37. The van der Waals surface area contributed by atoms with Gasteiger partial charge in [-0.3, -0.25) is 0 Å². The smallest absolute Gasteiger partial charge is 0.0589 e. The molecule has 0 aliphatic carbocycles. The fourth-order valence-corrected chi connectivity index (χ4v) is 3.75. The van der Waals surface area contributed by atoms with Crippen molar-refractivity contribution in [2.45, 2.75) is 47.0 Å². The van der Waals surface area contributed by atoms with Gasteiger partial charge in [-0.2, -0.15) is 0 Å². The molecule has 0 atom stereocenters. The van der Waals surface area contributed by atoms with Gasteiger partial charge in [-0.1, -0.05) is 27.7 Å². The summed E-state index contributed by atoms with van der Waals surface area (Å²) in [5, 5.41) is 0. The molecular formula is C11H28P+. The highest BCUT2D eigenvalue weighted by Crippen LogP contribution is 2.54. The van der Waals surface area contributed by atoms with Crippen molar-refractivity contribution >= 4 is 7.26 Å². The molecule has 1 aliphatic heterocycles. The van der Waals surface area contributed by atoms with Crippen molar-refractivity contribution < 1.29 is 0 Å². The van der Waals surface area contributed by atoms with Crippen molar-refractivity contribution in [2.75, 3.05) is 25.7 Å². The third-order valence-electron chi connectivity index (χ3n) is 2.03. The van der Waals surface area contributed by atoms with Gasteiger partial charge in [0.15, 0.2) is 0 Å². The van der Waals surface area contributed by atoms with Crippen LogP contribution in [0.15, 0.2) is 0 Å². The standard InChI is InChI=1S/C7H16P.2C2H6/c1-8(2)6-4-3-5-7-8;2*1-2/h3-7H2,1-2H3;2*1-2H3/q+1;;. The highest BCUT2D eigenvalue weighted by molar-refractivity contribution is 7.74. The number of hydrogen-bond acceptors (Lipinski definition) is 0. The molecule has 0 N–H and O–H groups in total. The van der Waals surface area contributed by atoms with Gasteiger partial charge in [0.25, 0.3) is 0 Å². The summed E-state index contributed by atoms with van der Waals surface area (Å²) in [6.07, 6.45) is 7.66. The van der Waals surface area contributed by atoms with E-state index in [0.717, 1.165) is 0 Å². The number of hydrogen-bond donors (Lipinski definition) is 0.